The zero-order valence-corrected chi connectivity index (χ0v) is 21.7. The Labute approximate surface area is 213 Å². The molecule has 192 valence electrons. The number of benzene rings is 2. The summed E-state index contributed by atoms with van der Waals surface area (Å²) in [6.07, 6.45) is 5.28. The number of rotatable bonds is 8. The molecule has 0 aliphatic carbocycles. The van der Waals surface area contributed by atoms with Crippen molar-refractivity contribution in [3.05, 3.63) is 59.7 Å². The molecule has 3 N–H and O–H groups in total. The molecule has 3 amide bonds. The first-order valence-corrected chi connectivity index (χ1v) is 11.8. The van der Waals surface area contributed by atoms with E-state index in [-0.39, 0.29) is 18.1 Å². The van der Waals surface area contributed by atoms with Crippen molar-refractivity contribution >= 4 is 23.6 Å². The number of alkyl carbamates (subject to hydrolysis) is 1. The lowest BCUT2D eigenvalue weighted by Gasteiger charge is -2.31. The van der Waals surface area contributed by atoms with Crippen molar-refractivity contribution in [3.63, 3.8) is 0 Å². The molecule has 8 nitrogen and oxygen atoms in total. The molecular formula is C28H35N3O5. The summed E-state index contributed by atoms with van der Waals surface area (Å²) in [5.41, 5.74) is 0.928. The molecule has 0 aliphatic heterocycles. The van der Waals surface area contributed by atoms with E-state index < -0.39 is 35.6 Å². The Balaban J connectivity index is 2.47. The maximum atomic E-state index is 13.7. The predicted octanol–water partition coefficient (Wildman–Crippen LogP) is 4.74. The standard InChI is InChI=1S/C28H35N3O5/c1-8-31(26(34)23(16-18(2)3)30-27(35)36-28(5,6)7)24(20-13-11-14-21(32)17-20)25(33)29-22-15-10-9-12-19(22)4/h1,9-15,17-18,23-24,32H,16H2,2-7H3,(H,29,33)(H,30,35). The fraction of sp³-hybridized carbons (Fsp3) is 0.393. The number of nitrogens with zero attached hydrogens (tertiary/aromatic N) is 1. The van der Waals surface area contributed by atoms with Gasteiger partial charge in [-0.25, -0.2) is 4.79 Å². The van der Waals surface area contributed by atoms with Crippen LogP contribution in [0.5, 0.6) is 5.75 Å². The molecule has 2 atom stereocenters. The highest BCUT2D eigenvalue weighted by Gasteiger charge is 2.36. The average Bonchev–Trinajstić information content (AvgIpc) is 2.76. The number of ether oxygens (including phenoxy) is 1. The first-order chi connectivity index (χ1) is 16.8. The van der Waals surface area contributed by atoms with Crippen molar-refractivity contribution < 1.29 is 24.2 Å². The van der Waals surface area contributed by atoms with E-state index in [1.165, 1.54) is 12.1 Å². The van der Waals surface area contributed by atoms with E-state index >= 15 is 0 Å². The third kappa shape index (κ3) is 8.05. The third-order valence-corrected chi connectivity index (χ3v) is 5.17. The van der Waals surface area contributed by atoms with Crippen LogP contribution in [0.3, 0.4) is 0 Å². The van der Waals surface area contributed by atoms with E-state index in [2.05, 4.69) is 16.7 Å². The number of nitrogens with one attached hydrogen (secondary N) is 2. The van der Waals surface area contributed by atoms with Gasteiger partial charge in [0, 0.05) is 11.7 Å². The van der Waals surface area contributed by atoms with Crippen molar-refractivity contribution in [2.24, 2.45) is 5.92 Å². The maximum absolute atomic E-state index is 13.7. The van der Waals surface area contributed by atoms with E-state index in [0.717, 1.165) is 10.5 Å². The lowest BCUT2D eigenvalue weighted by atomic mass is 9.99. The summed E-state index contributed by atoms with van der Waals surface area (Å²) in [6, 6.07) is 13.2. The third-order valence-electron chi connectivity index (χ3n) is 5.17. The number of phenolic OH excluding ortho intramolecular Hbond substituents is 1. The molecule has 0 saturated heterocycles. The number of phenols is 1. The minimum absolute atomic E-state index is 0.0218. The van der Waals surface area contributed by atoms with Gasteiger partial charge in [-0.2, -0.15) is 0 Å². The quantitative estimate of drug-likeness (QED) is 0.364. The lowest BCUT2D eigenvalue weighted by molar-refractivity contribution is -0.137. The zero-order chi connectivity index (χ0) is 27.0. The Morgan fingerprint density at radius 3 is 2.33 bits per heavy atom. The Morgan fingerprint density at radius 1 is 1.11 bits per heavy atom. The number of hydrogen-bond donors (Lipinski definition) is 3. The summed E-state index contributed by atoms with van der Waals surface area (Å²) in [5.74, 6) is -1.28. The highest BCUT2D eigenvalue weighted by Crippen LogP contribution is 2.27. The molecule has 2 rings (SSSR count). The molecule has 0 heterocycles. The molecule has 2 aromatic rings. The number of amides is 3. The number of hydrogen-bond acceptors (Lipinski definition) is 5. The van der Waals surface area contributed by atoms with E-state index in [9.17, 15) is 19.5 Å². The van der Waals surface area contributed by atoms with Gasteiger partial charge >= 0.3 is 6.09 Å². The van der Waals surface area contributed by atoms with E-state index in [1.54, 1.807) is 45.0 Å². The van der Waals surface area contributed by atoms with Gasteiger partial charge in [0.25, 0.3) is 11.8 Å². The van der Waals surface area contributed by atoms with Gasteiger partial charge in [-0.05, 0) is 69.4 Å². The maximum Gasteiger partial charge on any atom is 0.408 e. The highest BCUT2D eigenvalue weighted by atomic mass is 16.6. The van der Waals surface area contributed by atoms with Crippen molar-refractivity contribution in [1.82, 2.24) is 10.2 Å². The predicted molar refractivity (Wildman–Crippen MR) is 139 cm³/mol. The first-order valence-electron chi connectivity index (χ1n) is 11.8. The SMILES string of the molecule is C#CN(C(=O)C(CC(C)C)NC(=O)OC(C)(C)C)C(C(=O)Nc1ccccc1C)c1cccc(O)c1. The van der Waals surface area contributed by atoms with Crippen LogP contribution in [-0.2, 0) is 14.3 Å². The molecule has 2 aromatic carbocycles. The lowest BCUT2D eigenvalue weighted by Crippen LogP contribution is -2.51. The fourth-order valence-electron chi connectivity index (χ4n) is 3.60. The van der Waals surface area contributed by atoms with Crippen LogP contribution in [0.2, 0.25) is 0 Å². The second-order valence-corrected chi connectivity index (χ2v) is 9.97. The Bertz CT molecular complexity index is 1130. The average molecular weight is 494 g/mol. The smallest absolute Gasteiger partial charge is 0.408 e. The Hall–Kier alpha value is -3.99. The monoisotopic (exact) mass is 493 g/mol. The van der Waals surface area contributed by atoms with Gasteiger partial charge in [0.1, 0.15) is 23.4 Å². The molecule has 0 saturated carbocycles. The molecule has 36 heavy (non-hydrogen) atoms. The first kappa shape index (κ1) is 28.2. The van der Waals surface area contributed by atoms with Crippen molar-refractivity contribution in [2.45, 2.75) is 65.6 Å². The molecule has 0 spiro atoms. The summed E-state index contributed by atoms with van der Waals surface area (Å²) >= 11 is 0. The van der Waals surface area contributed by atoms with Gasteiger partial charge in [-0.3, -0.25) is 14.5 Å². The highest BCUT2D eigenvalue weighted by molar-refractivity contribution is 6.00. The molecule has 0 radical (unpaired) electrons. The summed E-state index contributed by atoms with van der Waals surface area (Å²) in [6.45, 7) is 10.8. The van der Waals surface area contributed by atoms with Gasteiger partial charge in [0.15, 0.2) is 0 Å². The fourth-order valence-corrected chi connectivity index (χ4v) is 3.60. The van der Waals surface area contributed by atoms with Crippen molar-refractivity contribution in [3.8, 4) is 18.2 Å². The number of terminal acetylenes is 1. The molecular weight excluding hydrogens is 458 g/mol. The summed E-state index contributed by atoms with van der Waals surface area (Å²) < 4.78 is 5.33. The topological polar surface area (TPSA) is 108 Å². The molecule has 2 unspecified atom stereocenters. The van der Waals surface area contributed by atoms with Crippen molar-refractivity contribution in [2.75, 3.05) is 5.32 Å². The van der Waals surface area contributed by atoms with Gasteiger partial charge in [-0.15, -0.1) is 0 Å². The number of aryl methyl sites for hydroxylation is 1. The van der Waals surface area contributed by atoms with Crippen LogP contribution in [0.25, 0.3) is 0 Å². The summed E-state index contributed by atoms with van der Waals surface area (Å²) in [4.78, 5) is 40.7. The van der Waals surface area contributed by atoms with Crippen LogP contribution in [0.4, 0.5) is 10.5 Å². The number of carbonyl (C=O) groups is 3. The van der Waals surface area contributed by atoms with E-state index in [0.29, 0.717) is 11.3 Å². The van der Waals surface area contributed by atoms with Crippen LogP contribution in [0, 0.1) is 25.3 Å². The van der Waals surface area contributed by atoms with Crippen LogP contribution < -0.4 is 10.6 Å². The molecule has 0 aromatic heterocycles. The van der Waals surface area contributed by atoms with Crippen LogP contribution in [0.1, 0.15) is 58.2 Å². The second-order valence-electron chi connectivity index (χ2n) is 9.97. The van der Waals surface area contributed by atoms with Crippen LogP contribution in [0.15, 0.2) is 48.5 Å². The second kappa shape index (κ2) is 12.1. The summed E-state index contributed by atoms with van der Waals surface area (Å²) in [7, 11) is 0. The minimum atomic E-state index is -1.27. The number of anilines is 1. The molecule has 8 heteroatoms. The van der Waals surface area contributed by atoms with Gasteiger partial charge in [0.2, 0.25) is 0 Å². The van der Waals surface area contributed by atoms with E-state index in [1.807, 2.05) is 32.9 Å². The molecule has 0 fully saturated rings. The number of para-hydroxylation sites is 1. The normalized spacial score (nSPS) is 12.7. The van der Waals surface area contributed by atoms with Gasteiger partial charge in [-0.1, -0.05) is 50.6 Å². The number of aromatic hydroxyl groups is 1. The molecule has 0 bridgehead atoms. The minimum Gasteiger partial charge on any atom is -0.508 e. The van der Waals surface area contributed by atoms with Crippen molar-refractivity contribution in [1.29, 1.82) is 0 Å². The Morgan fingerprint density at radius 2 is 1.78 bits per heavy atom. The zero-order valence-electron chi connectivity index (χ0n) is 21.7. The number of carbonyl (C=O) groups excluding carboxylic acids is 3. The van der Waals surface area contributed by atoms with E-state index in [4.69, 9.17) is 11.2 Å². The van der Waals surface area contributed by atoms with Crippen LogP contribution >= 0.6 is 0 Å². The molecule has 0 aliphatic rings. The van der Waals surface area contributed by atoms with Crippen LogP contribution in [-0.4, -0.2) is 39.6 Å². The largest absolute Gasteiger partial charge is 0.508 e. The van der Waals surface area contributed by atoms with Gasteiger partial charge in [0.05, 0.1) is 0 Å². The van der Waals surface area contributed by atoms with Gasteiger partial charge < -0.3 is 20.5 Å². The summed E-state index contributed by atoms with van der Waals surface area (Å²) in [5, 5.41) is 15.5. The Kier molecular flexibility index (Phi) is 9.51.